The molecule has 0 bridgehead atoms. The standard InChI is InChI=1S/C13H16FNO4/c1-4-19-12(16)8-15(2)13(17)10-6-5-9(18-3)7-11(10)14/h5-7H,4,8H2,1-3H3. The number of carbonyl (C=O) groups is 2. The van der Waals surface area contributed by atoms with E-state index in [4.69, 9.17) is 9.47 Å². The van der Waals surface area contributed by atoms with Gasteiger partial charge in [-0.3, -0.25) is 9.59 Å². The van der Waals surface area contributed by atoms with E-state index < -0.39 is 17.7 Å². The first-order valence-electron chi connectivity index (χ1n) is 5.74. The number of hydrogen-bond acceptors (Lipinski definition) is 4. The molecular weight excluding hydrogens is 253 g/mol. The van der Waals surface area contributed by atoms with Gasteiger partial charge in [-0.1, -0.05) is 0 Å². The fraction of sp³-hybridized carbons (Fsp3) is 0.385. The summed E-state index contributed by atoms with van der Waals surface area (Å²) in [6.07, 6.45) is 0. The molecule has 0 radical (unpaired) electrons. The lowest BCUT2D eigenvalue weighted by atomic mass is 10.2. The average molecular weight is 269 g/mol. The summed E-state index contributed by atoms with van der Waals surface area (Å²) in [5.41, 5.74) is -0.118. The van der Waals surface area contributed by atoms with E-state index in [2.05, 4.69) is 0 Å². The molecule has 0 aliphatic carbocycles. The van der Waals surface area contributed by atoms with Gasteiger partial charge in [0.1, 0.15) is 18.1 Å². The molecule has 0 spiro atoms. The van der Waals surface area contributed by atoms with Crippen molar-refractivity contribution in [2.75, 3.05) is 27.3 Å². The molecule has 1 aromatic rings. The molecule has 19 heavy (non-hydrogen) atoms. The van der Waals surface area contributed by atoms with Crippen LogP contribution in [0.1, 0.15) is 17.3 Å². The van der Waals surface area contributed by atoms with Gasteiger partial charge in [0.25, 0.3) is 5.91 Å². The molecular formula is C13H16FNO4. The molecule has 0 aliphatic rings. The summed E-state index contributed by atoms with van der Waals surface area (Å²) in [5, 5.41) is 0. The number of halogens is 1. The first kappa shape index (κ1) is 14.9. The van der Waals surface area contributed by atoms with Crippen LogP contribution in [0.25, 0.3) is 0 Å². The number of benzene rings is 1. The van der Waals surface area contributed by atoms with Crippen molar-refractivity contribution < 1.29 is 23.5 Å². The van der Waals surface area contributed by atoms with Gasteiger partial charge >= 0.3 is 5.97 Å². The van der Waals surface area contributed by atoms with E-state index >= 15 is 0 Å². The van der Waals surface area contributed by atoms with Crippen molar-refractivity contribution in [1.29, 1.82) is 0 Å². The topological polar surface area (TPSA) is 55.8 Å². The number of nitrogens with zero attached hydrogens (tertiary/aromatic N) is 1. The summed E-state index contributed by atoms with van der Waals surface area (Å²) < 4.78 is 23.3. The zero-order valence-electron chi connectivity index (χ0n) is 11.1. The van der Waals surface area contributed by atoms with Gasteiger partial charge in [0.2, 0.25) is 0 Å². The van der Waals surface area contributed by atoms with E-state index in [9.17, 15) is 14.0 Å². The zero-order chi connectivity index (χ0) is 14.4. The first-order chi connectivity index (χ1) is 8.99. The quantitative estimate of drug-likeness (QED) is 0.760. The smallest absolute Gasteiger partial charge is 0.325 e. The monoisotopic (exact) mass is 269 g/mol. The van der Waals surface area contributed by atoms with Crippen molar-refractivity contribution >= 4 is 11.9 Å². The highest BCUT2D eigenvalue weighted by Gasteiger charge is 2.19. The molecule has 0 N–H and O–H groups in total. The second kappa shape index (κ2) is 6.72. The minimum Gasteiger partial charge on any atom is -0.497 e. The summed E-state index contributed by atoms with van der Waals surface area (Å²) in [6.45, 7) is 1.68. The normalized spacial score (nSPS) is 9.89. The molecule has 1 aromatic carbocycles. The minimum atomic E-state index is -0.694. The lowest BCUT2D eigenvalue weighted by Gasteiger charge is -2.16. The van der Waals surface area contributed by atoms with Crippen molar-refractivity contribution in [3.8, 4) is 5.75 Å². The Kier molecular flexibility index (Phi) is 5.29. The highest BCUT2D eigenvalue weighted by molar-refractivity contribution is 5.96. The van der Waals surface area contributed by atoms with Crippen LogP contribution in [0.2, 0.25) is 0 Å². The maximum absolute atomic E-state index is 13.7. The number of amides is 1. The van der Waals surface area contributed by atoms with Gasteiger partial charge in [0.05, 0.1) is 19.3 Å². The first-order valence-corrected chi connectivity index (χ1v) is 5.74. The number of carbonyl (C=O) groups excluding carboxylic acids is 2. The van der Waals surface area contributed by atoms with Crippen molar-refractivity contribution in [3.05, 3.63) is 29.6 Å². The molecule has 0 aromatic heterocycles. The Labute approximate surface area is 110 Å². The van der Waals surface area contributed by atoms with Gasteiger partial charge in [-0.2, -0.15) is 0 Å². The number of esters is 1. The summed E-state index contributed by atoms with van der Waals surface area (Å²) in [7, 11) is 2.81. The maximum atomic E-state index is 13.7. The van der Waals surface area contributed by atoms with Crippen LogP contribution in [0.4, 0.5) is 4.39 Å². The van der Waals surface area contributed by atoms with Gasteiger partial charge in [-0.05, 0) is 19.1 Å². The summed E-state index contributed by atoms with van der Waals surface area (Å²) in [6, 6.07) is 3.91. The van der Waals surface area contributed by atoms with Crippen molar-refractivity contribution in [2.45, 2.75) is 6.92 Å². The molecule has 0 aliphatic heterocycles. The predicted molar refractivity (Wildman–Crippen MR) is 66.5 cm³/mol. The Morgan fingerprint density at radius 3 is 2.58 bits per heavy atom. The van der Waals surface area contributed by atoms with Crippen LogP contribution < -0.4 is 4.74 Å². The number of ether oxygens (including phenoxy) is 2. The molecule has 1 amide bonds. The minimum absolute atomic E-state index is 0.118. The van der Waals surface area contributed by atoms with Gasteiger partial charge < -0.3 is 14.4 Å². The largest absolute Gasteiger partial charge is 0.497 e. The Balaban J connectivity index is 2.79. The maximum Gasteiger partial charge on any atom is 0.325 e. The summed E-state index contributed by atoms with van der Waals surface area (Å²) >= 11 is 0. The van der Waals surface area contributed by atoms with Crippen LogP contribution in [-0.4, -0.2) is 44.1 Å². The third-order valence-corrected chi connectivity index (χ3v) is 2.42. The van der Waals surface area contributed by atoms with Crippen molar-refractivity contribution in [3.63, 3.8) is 0 Å². The van der Waals surface area contributed by atoms with Gasteiger partial charge in [-0.25, -0.2) is 4.39 Å². The Bertz CT molecular complexity index is 476. The number of likely N-dealkylation sites (N-methyl/N-ethyl adjacent to an activating group) is 1. The van der Waals surface area contributed by atoms with Crippen molar-refractivity contribution in [1.82, 2.24) is 4.90 Å². The molecule has 5 nitrogen and oxygen atoms in total. The lowest BCUT2D eigenvalue weighted by Crippen LogP contribution is -2.33. The van der Waals surface area contributed by atoms with Crippen LogP contribution in [-0.2, 0) is 9.53 Å². The number of methoxy groups -OCH3 is 1. The third kappa shape index (κ3) is 3.94. The van der Waals surface area contributed by atoms with Gasteiger partial charge in [0.15, 0.2) is 0 Å². The van der Waals surface area contributed by atoms with Crippen LogP contribution in [0.15, 0.2) is 18.2 Å². The molecule has 0 saturated carbocycles. The van der Waals surface area contributed by atoms with E-state index in [1.165, 1.54) is 26.3 Å². The lowest BCUT2D eigenvalue weighted by molar-refractivity contribution is -0.143. The van der Waals surface area contributed by atoms with Crippen molar-refractivity contribution in [2.24, 2.45) is 0 Å². The molecule has 0 fully saturated rings. The Hall–Kier alpha value is -2.11. The van der Waals surface area contributed by atoms with E-state index in [1.807, 2.05) is 0 Å². The predicted octanol–water partition coefficient (Wildman–Crippen LogP) is 1.47. The van der Waals surface area contributed by atoms with E-state index in [0.717, 1.165) is 11.0 Å². The highest BCUT2D eigenvalue weighted by Crippen LogP contribution is 2.17. The van der Waals surface area contributed by atoms with E-state index in [-0.39, 0.29) is 18.7 Å². The fourth-order valence-corrected chi connectivity index (χ4v) is 1.47. The summed E-state index contributed by atoms with van der Waals surface area (Å²) in [4.78, 5) is 24.3. The molecule has 6 heteroatoms. The van der Waals surface area contributed by atoms with Gasteiger partial charge in [-0.15, -0.1) is 0 Å². The molecule has 0 heterocycles. The number of hydrogen-bond donors (Lipinski definition) is 0. The highest BCUT2D eigenvalue weighted by atomic mass is 19.1. The SMILES string of the molecule is CCOC(=O)CN(C)C(=O)c1ccc(OC)cc1F. The van der Waals surface area contributed by atoms with E-state index in [0.29, 0.717) is 5.75 Å². The summed E-state index contributed by atoms with van der Waals surface area (Å²) in [5.74, 6) is -1.50. The molecule has 104 valence electrons. The van der Waals surface area contributed by atoms with Crippen LogP contribution in [0.3, 0.4) is 0 Å². The van der Waals surface area contributed by atoms with Gasteiger partial charge in [0, 0.05) is 13.1 Å². The second-order valence-electron chi connectivity index (χ2n) is 3.81. The molecule has 0 unspecified atom stereocenters. The average Bonchev–Trinajstić information content (AvgIpc) is 2.37. The van der Waals surface area contributed by atoms with E-state index in [1.54, 1.807) is 6.92 Å². The van der Waals surface area contributed by atoms with Crippen LogP contribution in [0.5, 0.6) is 5.75 Å². The Morgan fingerprint density at radius 2 is 2.05 bits per heavy atom. The third-order valence-electron chi connectivity index (χ3n) is 2.42. The second-order valence-corrected chi connectivity index (χ2v) is 3.81. The molecule has 1 rings (SSSR count). The van der Waals surface area contributed by atoms with Crippen LogP contribution in [0, 0.1) is 5.82 Å². The van der Waals surface area contributed by atoms with Crippen LogP contribution >= 0.6 is 0 Å². The molecule has 0 saturated heterocycles. The molecule has 0 atom stereocenters. The zero-order valence-corrected chi connectivity index (χ0v) is 11.1. The number of rotatable bonds is 5. The fourth-order valence-electron chi connectivity index (χ4n) is 1.47. The Morgan fingerprint density at radius 1 is 1.37 bits per heavy atom.